The van der Waals surface area contributed by atoms with Crippen LogP contribution >= 0.6 is 0 Å². The number of hydrogen-bond donors (Lipinski definition) is 1. The van der Waals surface area contributed by atoms with Crippen LogP contribution in [0.1, 0.15) is 24.6 Å². The second-order valence-electron chi connectivity index (χ2n) is 6.93. The van der Waals surface area contributed by atoms with E-state index >= 15 is 0 Å². The van der Waals surface area contributed by atoms with Gasteiger partial charge in [-0.3, -0.25) is 19.3 Å². The lowest BCUT2D eigenvalue weighted by Crippen LogP contribution is -2.20. The molecule has 28 heavy (non-hydrogen) atoms. The minimum atomic E-state index is -0.729. The molecule has 0 radical (unpaired) electrons. The van der Waals surface area contributed by atoms with E-state index in [9.17, 15) is 14.9 Å². The first-order chi connectivity index (χ1) is 13.5. The molecule has 0 amide bonds. The summed E-state index contributed by atoms with van der Waals surface area (Å²) in [5.41, 5.74) is 1.39. The van der Waals surface area contributed by atoms with Crippen LogP contribution in [0.4, 0.5) is 17.2 Å². The van der Waals surface area contributed by atoms with Gasteiger partial charge in [-0.25, -0.2) is 9.97 Å². The number of aromatic nitrogens is 4. The van der Waals surface area contributed by atoms with Crippen molar-refractivity contribution in [1.29, 1.82) is 0 Å². The highest BCUT2D eigenvalue weighted by Gasteiger charge is 2.29. The van der Waals surface area contributed by atoms with Gasteiger partial charge in [0.25, 0.3) is 0 Å². The third-order valence-corrected chi connectivity index (χ3v) is 5.01. The minimum absolute atomic E-state index is 0.0844. The smallest absolute Gasteiger partial charge is 0.334 e. The zero-order valence-electron chi connectivity index (χ0n) is 15.0. The molecule has 0 unspecified atom stereocenters. The molecule has 3 heterocycles. The summed E-state index contributed by atoms with van der Waals surface area (Å²) in [6.07, 6.45) is 3.76. The summed E-state index contributed by atoms with van der Waals surface area (Å²) in [7, 11) is 1.99. The monoisotopic (exact) mass is 376 g/mol. The number of imidazole rings is 1. The van der Waals surface area contributed by atoms with Crippen LogP contribution in [0.2, 0.25) is 0 Å². The van der Waals surface area contributed by atoms with E-state index in [0.717, 1.165) is 34.1 Å². The number of hydrogen-bond acceptors (Lipinski definition) is 6. The number of nitrogens with zero attached hydrogens (tertiary/aromatic N) is 5. The van der Waals surface area contributed by atoms with Gasteiger partial charge in [0.15, 0.2) is 0 Å². The van der Waals surface area contributed by atoms with Crippen molar-refractivity contribution >= 4 is 33.9 Å². The minimum Gasteiger partial charge on any atom is -0.334 e. The van der Waals surface area contributed by atoms with E-state index in [1.807, 2.05) is 19.2 Å². The molecule has 1 N–H and O–H groups in total. The summed E-state index contributed by atoms with van der Waals surface area (Å²) in [5, 5.41) is 14.5. The van der Waals surface area contributed by atoms with Crippen LogP contribution in [0, 0.1) is 10.1 Å². The first-order valence-corrected chi connectivity index (χ1v) is 8.92. The Bertz CT molecular complexity index is 1320. The van der Waals surface area contributed by atoms with E-state index < -0.39 is 16.2 Å². The molecule has 1 aliphatic rings. The van der Waals surface area contributed by atoms with Gasteiger partial charge in [-0.05, 0) is 43.2 Å². The summed E-state index contributed by atoms with van der Waals surface area (Å²) in [6.45, 7) is 0. The SMILES string of the molecule is Cn1c(C2CC2)nc2cc(Nc3nc4ccccn4c(=O)c3[N+](=O)[O-])ccc21. The van der Waals surface area contributed by atoms with Gasteiger partial charge in [0.05, 0.1) is 16.0 Å². The number of rotatable bonds is 4. The van der Waals surface area contributed by atoms with Crippen molar-refractivity contribution in [3.05, 3.63) is 68.9 Å². The lowest BCUT2D eigenvalue weighted by atomic mass is 10.2. The standard InChI is InChI=1S/C19H16N6O3/c1-23-14-8-7-12(10-13(14)21-18(23)11-5-6-11)20-17-16(25(27)28)19(26)24-9-3-2-4-15(24)22-17/h2-4,7-11,20H,5-6H2,1H3. The fourth-order valence-electron chi connectivity index (χ4n) is 3.47. The molecule has 0 saturated heterocycles. The maximum Gasteiger partial charge on any atom is 0.376 e. The van der Waals surface area contributed by atoms with Crippen molar-refractivity contribution in [2.75, 3.05) is 5.32 Å². The average molecular weight is 376 g/mol. The summed E-state index contributed by atoms with van der Waals surface area (Å²) < 4.78 is 3.24. The molecule has 1 fully saturated rings. The number of anilines is 2. The highest BCUT2D eigenvalue weighted by Crippen LogP contribution is 2.40. The summed E-state index contributed by atoms with van der Waals surface area (Å²) in [5.74, 6) is 1.48. The number of fused-ring (bicyclic) bond motifs is 2. The molecule has 4 aromatic rings. The van der Waals surface area contributed by atoms with Crippen molar-refractivity contribution in [3.63, 3.8) is 0 Å². The summed E-state index contributed by atoms with van der Waals surface area (Å²) in [4.78, 5) is 32.3. The molecule has 3 aromatic heterocycles. The van der Waals surface area contributed by atoms with Crippen molar-refractivity contribution < 1.29 is 4.92 Å². The van der Waals surface area contributed by atoms with Crippen LogP contribution in [0.5, 0.6) is 0 Å². The van der Waals surface area contributed by atoms with Gasteiger partial charge in [0.2, 0.25) is 5.82 Å². The molecule has 0 aliphatic heterocycles. The lowest BCUT2D eigenvalue weighted by Gasteiger charge is -2.08. The molecule has 5 rings (SSSR count). The van der Waals surface area contributed by atoms with E-state index in [4.69, 9.17) is 4.98 Å². The van der Waals surface area contributed by atoms with E-state index in [1.165, 1.54) is 6.20 Å². The molecule has 9 heteroatoms. The van der Waals surface area contributed by atoms with Crippen molar-refractivity contribution in [2.24, 2.45) is 7.05 Å². The molecule has 140 valence electrons. The highest BCUT2D eigenvalue weighted by atomic mass is 16.6. The molecule has 1 aliphatic carbocycles. The Morgan fingerprint density at radius 2 is 2.04 bits per heavy atom. The molecule has 9 nitrogen and oxygen atoms in total. The largest absolute Gasteiger partial charge is 0.376 e. The predicted octanol–water partition coefficient (Wildman–Crippen LogP) is 3.11. The van der Waals surface area contributed by atoms with Crippen LogP contribution in [0.25, 0.3) is 16.7 Å². The summed E-state index contributed by atoms with van der Waals surface area (Å²) in [6, 6.07) is 10.5. The molecule has 0 atom stereocenters. The molecular weight excluding hydrogens is 360 g/mol. The van der Waals surface area contributed by atoms with Gasteiger partial charge in [-0.1, -0.05) is 6.07 Å². The van der Waals surface area contributed by atoms with E-state index in [-0.39, 0.29) is 5.82 Å². The van der Waals surface area contributed by atoms with Gasteiger partial charge >= 0.3 is 11.2 Å². The van der Waals surface area contributed by atoms with Crippen molar-refractivity contribution in [3.8, 4) is 0 Å². The molecule has 1 saturated carbocycles. The number of pyridine rings is 1. The quantitative estimate of drug-likeness (QED) is 0.433. The average Bonchev–Trinajstić information content (AvgIpc) is 3.46. The molecular formula is C19H16N6O3. The second kappa shape index (κ2) is 5.88. The Labute approximate surface area is 158 Å². The van der Waals surface area contributed by atoms with Gasteiger partial charge in [0, 0.05) is 24.8 Å². The second-order valence-corrected chi connectivity index (χ2v) is 6.93. The number of benzene rings is 1. The van der Waals surface area contributed by atoms with Crippen LogP contribution in [0.15, 0.2) is 47.4 Å². The Kier molecular flexibility index (Phi) is 3.45. The van der Waals surface area contributed by atoms with Gasteiger partial charge < -0.3 is 9.88 Å². The Balaban J connectivity index is 1.62. The number of aryl methyl sites for hydroxylation is 1. The lowest BCUT2D eigenvalue weighted by molar-refractivity contribution is -0.385. The Morgan fingerprint density at radius 3 is 2.79 bits per heavy atom. The van der Waals surface area contributed by atoms with E-state index in [2.05, 4.69) is 14.9 Å². The van der Waals surface area contributed by atoms with E-state index in [1.54, 1.807) is 24.3 Å². The number of nitro groups is 1. The fraction of sp³-hybridized carbons (Fsp3) is 0.211. The van der Waals surface area contributed by atoms with Gasteiger partial charge in [0.1, 0.15) is 11.5 Å². The zero-order valence-corrected chi connectivity index (χ0v) is 15.0. The topological polar surface area (TPSA) is 107 Å². The van der Waals surface area contributed by atoms with Gasteiger partial charge in [-0.15, -0.1) is 0 Å². The fourth-order valence-corrected chi connectivity index (χ4v) is 3.47. The molecule has 1 aromatic carbocycles. The predicted molar refractivity (Wildman–Crippen MR) is 104 cm³/mol. The Morgan fingerprint density at radius 1 is 1.21 bits per heavy atom. The summed E-state index contributed by atoms with van der Waals surface area (Å²) >= 11 is 0. The highest BCUT2D eigenvalue weighted by molar-refractivity contribution is 5.82. The van der Waals surface area contributed by atoms with Crippen LogP contribution < -0.4 is 10.9 Å². The third-order valence-electron chi connectivity index (χ3n) is 5.01. The molecule has 0 bridgehead atoms. The number of nitrogens with one attached hydrogen (secondary N) is 1. The van der Waals surface area contributed by atoms with Crippen molar-refractivity contribution in [2.45, 2.75) is 18.8 Å². The van der Waals surface area contributed by atoms with Gasteiger partial charge in [-0.2, -0.15) is 0 Å². The third kappa shape index (κ3) is 2.51. The first kappa shape index (κ1) is 16.4. The maximum atomic E-state index is 12.5. The zero-order chi connectivity index (χ0) is 19.4. The van der Waals surface area contributed by atoms with Crippen LogP contribution in [-0.4, -0.2) is 23.9 Å². The van der Waals surface area contributed by atoms with Crippen LogP contribution in [0.3, 0.4) is 0 Å². The normalized spacial score (nSPS) is 13.9. The Hall–Kier alpha value is -3.75. The van der Waals surface area contributed by atoms with Crippen molar-refractivity contribution in [1.82, 2.24) is 18.9 Å². The maximum absolute atomic E-state index is 12.5. The molecule has 0 spiro atoms. The van der Waals surface area contributed by atoms with E-state index in [0.29, 0.717) is 17.3 Å². The first-order valence-electron chi connectivity index (χ1n) is 8.92. The van der Waals surface area contributed by atoms with Crippen LogP contribution in [-0.2, 0) is 7.05 Å².